The normalized spacial score (nSPS) is 26.2. The summed E-state index contributed by atoms with van der Waals surface area (Å²) in [5.41, 5.74) is 4.80. The third-order valence-corrected chi connectivity index (χ3v) is 5.80. The molecule has 0 bridgehead atoms. The molecule has 138 valence electrons. The van der Waals surface area contributed by atoms with Crippen LogP contribution in [0.3, 0.4) is 0 Å². The zero-order valence-corrected chi connectivity index (χ0v) is 15.6. The molecule has 1 saturated carbocycles. The molecule has 1 aliphatic carbocycles. The Kier molecular flexibility index (Phi) is 5.41. The summed E-state index contributed by atoms with van der Waals surface area (Å²) in [7, 11) is 4.28. The van der Waals surface area contributed by atoms with Gasteiger partial charge < -0.3 is 4.90 Å². The summed E-state index contributed by atoms with van der Waals surface area (Å²) in [6, 6.07) is 2.52. The zero-order valence-electron chi connectivity index (χ0n) is 15.6. The average molecular weight is 346 g/mol. The Hall–Kier alpha value is -1.50. The number of amides is 1. The van der Waals surface area contributed by atoms with Crippen molar-refractivity contribution in [3.05, 3.63) is 29.1 Å². The van der Waals surface area contributed by atoms with Crippen molar-refractivity contribution in [2.75, 3.05) is 27.2 Å². The van der Waals surface area contributed by atoms with Gasteiger partial charge in [-0.2, -0.15) is 0 Å². The van der Waals surface area contributed by atoms with Crippen molar-refractivity contribution < 1.29 is 10.0 Å². The third-order valence-electron chi connectivity index (χ3n) is 5.80. The van der Waals surface area contributed by atoms with Crippen molar-refractivity contribution in [2.24, 2.45) is 5.41 Å². The van der Waals surface area contributed by atoms with Crippen molar-refractivity contribution >= 4 is 5.91 Å². The predicted octanol–water partition coefficient (Wildman–Crippen LogP) is 2.07. The van der Waals surface area contributed by atoms with E-state index < -0.39 is 5.91 Å². The number of aromatic nitrogens is 1. The van der Waals surface area contributed by atoms with Gasteiger partial charge in [-0.1, -0.05) is 6.92 Å². The first-order valence-electron chi connectivity index (χ1n) is 9.21. The average Bonchev–Trinajstić information content (AvgIpc) is 2.57. The van der Waals surface area contributed by atoms with Crippen LogP contribution in [0.5, 0.6) is 0 Å². The van der Waals surface area contributed by atoms with Crippen LogP contribution < -0.4 is 5.48 Å². The molecule has 0 saturated heterocycles. The Balaban J connectivity index is 1.53. The minimum absolute atomic E-state index is 0.423. The highest BCUT2D eigenvalue weighted by Crippen LogP contribution is 2.47. The number of hydrogen-bond donors (Lipinski definition) is 2. The summed E-state index contributed by atoms with van der Waals surface area (Å²) in [5, 5.41) is 8.75. The van der Waals surface area contributed by atoms with Gasteiger partial charge in [0.1, 0.15) is 0 Å². The molecule has 2 aliphatic rings. The van der Waals surface area contributed by atoms with E-state index >= 15 is 0 Å². The van der Waals surface area contributed by atoms with E-state index in [0.29, 0.717) is 17.0 Å². The van der Waals surface area contributed by atoms with Gasteiger partial charge in [0.2, 0.25) is 0 Å². The summed E-state index contributed by atoms with van der Waals surface area (Å²) >= 11 is 0. The molecule has 6 heteroatoms. The third kappa shape index (κ3) is 4.19. The molecule has 1 aromatic heterocycles. The summed E-state index contributed by atoms with van der Waals surface area (Å²) in [6.07, 6.45) is 7.62. The Bertz CT molecular complexity index is 626. The fraction of sp³-hybridized carbons (Fsp3) is 0.684. The maximum Gasteiger partial charge on any atom is 0.276 e. The number of carbonyl (C=O) groups excluding carboxylic acids is 1. The lowest BCUT2D eigenvalue weighted by Gasteiger charge is -2.51. The predicted molar refractivity (Wildman–Crippen MR) is 96.5 cm³/mol. The van der Waals surface area contributed by atoms with Gasteiger partial charge in [0.15, 0.2) is 0 Å². The molecule has 3 rings (SSSR count). The van der Waals surface area contributed by atoms with Gasteiger partial charge in [0, 0.05) is 25.3 Å². The molecule has 1 aromatic rings. The van der Waals surface area contributed by atoms with E-state index in [1.54, 1.807) is 11.7 Å². The quantitative estimate of drug-likeness (QED) is 0.610. The Labute approximate surface area is 150 Å². The number of carbonyl (C=O) groups is 1. The number of hydroxylamine groups is 1. The molecule has 0 aromatic carbocycles. The van der Waals surface area contributed by atoms with E-state index in [2.05, 4.69) is 35.8 Å². The van der Waals surface area contributed by atoms with E-state index in [4.69, 9.17) is 5.21 Å². The molecule has 6 nitrogen and oxygen atoms in total. The minimum atomic E-state index is -0.495. The van der Waals surface area contributed by atoms with Gasteiger partial charge in [-0.25, -0.2) is 5.48 Å². The molecule has 0 unspecified atom stereocenters. The monoisotopic (exact) mass is 346 g/mol. The molecule has 1 aliphatic heterocycles. The number of hydrogen-bond acceptors (Lipinski definition) is 5. The standard InChI is InChI=1S/C19H30N4O2/c1-19(6-4-7-22(2)3)10-16(11-19)23-8-5-14-9-15(18(24)21-25)12-20-17(14)13-23/h9,12,16,25H,4-8,10-11,13H2,1-3H3,(H,21,24). The fourth-order valence-electron chi connectivity index (χ4n) is 4.30. The first-order valence-corrected chi connectivity index (χ1v) is 9.21. The SMILES string of the molecule is CN(C)CCCC1(C)CC(N2CCc3cc(C(=O)NO)cnc3C2)C1. The van der Waals surface area contributed by atoms with Crippen molar-refractivity contribution in [3.63, 3.8) is 0 Å². The zero-order chi connectivity index (χ0) is 18.0. The Morgan fingerprint density at radius 3 is 2.92 bits per heavy atom. The van der Waals surface area contributed by atoms with Crippen LogP contribution in [0.2, 0.25) is 0 Å². The lowest BCUT2D eigenvalue weighted by atomic mass is 9.63. The van der Waals surface area contributed by atoms with Gasteiger partial charge in [-0.05, 0) is 69.8 Å². The molecule has 0 atom stereocenters. The van der Waals surface area contributed by atoms with E-state index in [-0.39, 0.29) is 0 Å². The first-order chi connectivity index (χ1) is 11.9. The highest BCUT2D eigenvalue weighted by Gasteiger charge is 2.43. The second-order valence-electron chi connectivity index (χ2n) is 8.27. The molecule has 2 heterocycles. The van der Waals surface area contributed by atoms with Crippen molar-refractivity contribution in [3.8, 4) is 0 Å². The highest BCUT2D eigenvalue weighted by atomic mass is 16.5. The molecule has 25 heavy (non-hydrogen) atoms. The first kappa shape index (κ1) is 18.3. The van der Waals surface area contributed by atoms with Crippen LogP contribution >= 0.6 is 0 Å². The number of pyridine rings is 1. The van der Waals surface area contributed by atoms with Crippen molar-refractivity contribution in [2.45, 2.75) is 51.6 Å². The second-order valence-corrected chi connectivity index (χ2v) is 8.27. The van der Waals surface area contributed by atoms with Crippen LogP contribution in [0.25, 0.3) is 0 Å². The largest absolute Gasteiger partial charge is 0.309 e. The molecule has 0 radical (unpaired) electrons. The minimum Gasteiger partial charge on any atom is -0.309 e. The highest BCUT2D eigenvalue weighted by molar-refractivity contribution is 5.93. The lowest BCUT2D eigenvalue weighted by Crippen LogP contribution is -2.51. The summed E-state index contributed by atoms with van der Waals surface area (Å²) < 4.78 is 0. The fourth-order valence-corrected chi connectivity index (χ4v) is 4.30. The second kappa shape index (κ2) is 7.40. The maximum atomic E-state index is 11.5. The summed E-state index contributed by atoms with van der Waals surface area (Å²) in [5.74, 6) is -0.495. The van der Waals surface area contributed by atoms with Crippen LogP contribution in [0.15, 0.2) is 12.3 Å². The van der Waals surface area contributed by atoms with Gasteiger partial charge in [0.25, 0.3) is 5.91 Å². The Morgan fingerprint density at radius 2 is 2.24 bits per heavy atom. The molecular formula is C19H30N4O2. The molecule has 1 amide bonds. The van der Waals surface area contributed by atoms with Gasteiger partial charge in [0.05, 0.1) is 11.3 Å². The van der Waals surface area contributed by atoms with Crippen molar-refractivity contribution in [1.29, 1.82) is 0 Å². The van der Waals surface area contributed by atoms with Crippen LogP contribution in [0.4, 0.5) is 0 Å². The lowest BCUT2D eigenvalue weighted by molar-refractivity contribution is -0.00274. The molecular weight excluding hydrogens is 316 g/mol. The number of rotatable bonds is 6. The molecule has 2 N–H and O–H groups in total. The van der Waals surface area contributed by atoms with Gasteiger partial charge >= 0.3 is 0 Å². The van der Waals surface area contributed by atoms with Crippen LogP contribution in [0.1, 0.15) is 54.2 Å². The van der Waals surface area contributed by atoms with Crippen LogP contribution in [-0.4, -0.2) is 59.1 Å². The van der Waals surface area contributed by atoms with E-state index in [0.717, 1.165) is 30.8 Å². The van der Waals surface area contributed by atoms with E-state index in [1.807, 2.05) is 6.07 Å². The number of fused-ring (bicyclic) bond motifs is 1. The summed E-state index contributed by atoms with van der Waals surface area (Å²) in [4.78, 5) is 20.8. The van der Waals surface area contributed by atoms with Gasteiger partial charge in [-0.15, -0.1) is 0 Å². The van der Waals surface area contributed by atoms with Crippen LogP contribution in [-0.2, 0) is 13.0 Å². The Morgan fingerprint density at radius 1 is 1.48 bits per heavy atom. The number of nitrogens with one attached hydrogen (secondary N) is 1. The summed E-state index contributed by atoms with van der Waals surface area (Å²) in [6.45, 7) is 5.49. The van der Waals surface area contributed by atoms with E-state index in [1.165, 1.54) is 32.2 Å². The maximum absolute atomic E-state index is 11.5. The smallest absolute Gasteiger partial charge is 0.276 e. The number of nitrogens with zero attached hydrogens (tertiary/aromatic N) is 3. The van der Waals surface area contributed by atoms with Crippen molar-refractivity contribution in [1.82, 2.24) is 20.3 Å². The van der Waals surface area contributed by atoms with Crippen LogP contribution in [0, 0.1) is 5.41 Å². The molecule has 1 fully saturated rings. The topological polar surface area (TPSA) is 68.7 Å². The van der Waals surface area contributed by atoms with Gasteiger partial charge in [-0.3, -0.25) is 19.9 Å². The van der Waals surface area contributed by atoms with E-state index in [9.17, 15) is 4.79 Å². The molecule has 0 spiro atoms.